The summed E-state index contributed by atoms with van der Waals surface area (Å²) in [5.74, 6) is -2.61. The van der Waals surface area contributed by atoms with Gasteiger partial charge in [0.2, 0.25) is 11.8 Å². The Bertz CT molecular complexity index is 782. The Hall–Kier alpha value is -2.83. The van der Waals surface area contributed by atoms with Crippen LogP contribution in [-0.4, -0.2) is 81.8 Å². The summed E-state index contributed by atoms with van der Waals surface area (Å²) in [7, 11) is -1.57. The van der Waals surface area contributed by atoms with Crippen molar-refractivity contribution in [1.82, 2.24) is 10.2 Å². The van der Waals surface area contributed by atoms with Crippen LogP contribution < -0.4 is 15.8 Å². The predicted molar refractivity (Wildman–Crippen MR) is 101 cm³/mol. The highest BCUT2D eigenvalue weighted by Crippen LogP contribution is 2.33. The maximum absolute atomic E-state index is 12.2. The van der Waals surface area contributed by atoms with Crippen LogP contribution in [0.4, 0.5) is 0 Å². The number of carbonyl (C=O) groups excluding carboxylic acids is 2. The molecule has 1 heterocycles. The summed E-state index contributed by atoms with van der Waals surface area (Å²) in [6, 6.07) is 1.94. The number of carboxylic acids is 1. The Kier molecular flexibility index (Phi) is 7.43. The lowest BCUT2D eigenvalue weighted by Crippen LogP contribution is -2.61. The fraction of sp³-hybridized carbons (Fsp3) is 0.471. The van der Waals surface area contributed by atoms with E-state index in [1.807, 2.05) is 0 Å². The first kappa shape index (κ1) is 22.5. The molecule has 12 heteroatoms. The minimum Gasteiger partial charge on any atom is -0.507 e. The number of hydrogen-bond acceptors (Lipinski definition) is 8. The zero-order valence-corrected chi connectivity index (χ0v) is 15.9. The van der Waals surface area contributed by atoms with Crippen molar-refractivity contribution in [3.63, 3.8) is 0 Å². The van der Waals surface area contributed by atoms with E-state index in [1.54, 1.807) is 0 Å². The van der Waals surface area contributed by atoms with Gasteiger partial charge in [-0.25, -0.2) is 4.79 Å². The van der Waals surface area contributed by atoms with E-state index >= 15 is 0 Å². The number of nitrogens with two attached hydrogens (primary N) is 1. The molecule has 0 bridgehead atoms. The third kappa shape index (κ3) is 5.83. The molecule has 2 rings (SSSR count). The van der Waals surface area contributed by atoms with Gasteiger partial charge < -0.3 is 40.9 Å². The molecular weight excluding hydrogens is 385 g/mol. The first-order valence-corrected chi connectivity index (χ1v) is 8.99. The number of carboxylic acid groups (broad SMARTS) is 1. The van der Waals surface area contributed by atoms with Gasteiger partial charge in [0.1, 0.15) is 29.2 Å². The summed E-state index contributed by atoms with van der Waals surface area (Å²) in [4.78, 5) is 36.0. The van der Waals surface area contributed by atoms with E-state index < -0.39 is 36.5 Å². The number of rotatable bonds is 9. The molecule has 1 aromatic rings. The fourth-order valence-corrected chi connectivity index (χ4v) is 2.85. The highest BCUT2D eigenvalue weighted by atomic mass is 16.5. The fourth-order valence-electron chi connectivity index (χ4n) is 2.85. The molecule has 0 saturated carbocycles. The number of aromatic carboxylic acids is 1. The number of likely N-dealkylation sites (tertiary alicyclic amines) is 1. The normalized spacial score (nSPS) is 14.7. The lowest BCUT2D eigenvalue weighted by Gasteiger charge is -2.40. The van der Waals surface area contributed by atoms with E-state index in [2.05, 4.69) is 5.32 Å². The number of benzene rings is 1. The number of hydrogen-bond donors (Lipinski definition) is 6. The molecule has 0 radical (unpaired) electrons. The van der Waals surface area contributed by atoms with E-state index in [4.69, 9.17) is 20.5 Å². The average molecular weight is 409 g/mol. The maximum Gasteiger partial charge on any atom is 0.451 e. The van der Waals surface area contributed by atoms with Gasteiger partial charge in [-0.15, -0.1) is 0 Å². The highest BCUT2D eigenvalue weighted by molar-refractivity contribution is 6.41. The molecule has 1 fully saturated rings. The number of amides is 2. The predicted octanol–water partition coefficient (Wildman–Crippen LogP) is -1.84. The Balaban J connectivity index is 1.99. The van der Waals surface area contributed by atoms with E-state index in [-0.39, 0.29) is 55.5 Å². The zero-order valence-electron chi connectivity index (χ0n) is 15.9. The van der Waals surface area contributed by atoms with Crippen molar-refractivity contribution in [3.05, 3.63) is 23.3 Å². The van der Waals surface area contributed by atoms with Crippen molar-refractivity contribution in [1.29, 1.82) is 0 Å². The largest absolute Gasteiger partial charge is 0.507 e. The third-order valence-corrected chi connectivity index (χ3v) is 4.45. The second-order valence-electron chi connectivity index (χ2n) is 6.80. The molecule has 1 aliphatic heterocycles. The molecule has 1 saturated heterocycles. The van der Waals surface area contributed by atoms with Crippen LogP contribution >= 0.6 is 0 Å². The Labute approximate surface area is 167 Å². The van der Waals surface area contributed by atoms with Gasteiger partial charge in [-0.05, 0) is 24.4 Å². The van der Waals surface area contributed by atoms with Gasteiger partial charge in [0.15, 0.2) is 0 Å². The Morgan fingerprint density at radius 3 is 2.55 bits per heavy atom. The van der Waals surface area contributed by atoms with E-state index in [0.29, 0.717) is 0 Å². The summed E-state index contributed by atoms with van der Waals surface area (Å²) in [5.41, 5.74) is 5.55. The van der Waals surface area contributed by atoms with Gasteiger partial charge in [0.25, 0.3) is 0 Å². The number of aromatic hydroxyl groups is 1. The molecule has 0 spiro atoms. The average Bonchev–Trinajstić information content (AvgIpc) is 2.60. The first-order chi connectivity index (χ1) is 13.6. The van der Waals surface area contributed by atoms with Gasteiger partial charge in [-0.1, -0.05) is 6.07 Å². The number of nitrogens with zero attached hydrogens (tertiary/aromatic N) is 1. The van der Waals surface area contributed by atoms with Crippen LogP contribution in [0.25, 0.3) is 0 Å². The number of aryl methyl sites for hydroxylation is 1. The number of ether oxygens (including phenoxy) is 1. The maximum atomic E-state index is 12.2. The van der Waals surface area contributed by atoms with Gasteiger partial charge in [-0.2, -0.15) is 0 Å². The molecule has 1 aliphatic rings. The second kappa shape index (κ2) is 9.59. The zero-order chi connectivity index (χ0) is 21.7. The summed E-state index contributed by atoms with van der Waals surface area (Å²) in [5, 5.41) is 40.0. The summed E-state index contributed by atoms with van der Waals surface area (Å²) in [6.07, 6.45) is -0.470. The second-order valence-corrected chi connectivity index (χ2v) is 6.80. The van der Waals surface area contributed by atoms with Crippen molar-refractivity contribution in [2.24, 2.45) is 5.73 Å². The van der Waals surface area contributed by atoms with Crippen LogP contribution in [0.1, 0.15) is 22.8 Å². The third-order valence-electron chi connectivity index (χ3n) is 4.45. The van der Waals surface area contributed by atoms with Crippen LogP contribution in [0.3, 0.4) is 0 Å². The molecule has 0 unspecified atom stereocenters. The summed E-state index contributed by atoms with van der Waals surface area (Å²) >= 11 is 0. The van der Waals surface area contributed by atoms with Crippen molar-refractivity contribution in [2.45, 2.75) is 31.8 Å². The van der Waals surface area contributed by atoms with Crippen molar-refractivity contribution in [2.75, 3.05) is 19.6 Å². The van der Waals surface area contributed by atoms with Crippen molar-refractivity contribution >= 4 is 24.9 Å². The van der Waals surface area contributed by atoms with E-state index in [1.165, 1.54) is 24.0 Å². The lowest BCUT2D eigenvalue weighted by molar-refractivity contribution is -0.141. The molecule has 7 N–H and O–H groups in total. The van der Waals surface area contributed by atoms with Crippen molar-refractivity contribution in [3.8, 4) is 11.5 Å². The quantitative estimate of drug-likeness (QED) is 0.255. The first-order valence-electron chi connectivity index (χ1n) is 8.99. The molecule has 2 amide bonds. The van der Waals surface area contributed by atoms with Gasteiger partial charge in [-0.3, -0.25) is 9.59 Å². The summed E-state index contributed by atoms with van der Waals surface area (Å²) < 4.78 is 5.62. The van der Waals surface area contributed by atoms with E-state index in [0.717, 1.165) is 0 Å². The minimum atomic E-state index is -1.57. The standard InChI is InChI=1S/C17H24BN3O8/c1-9(22)20-6-12(19)16(24)21-7-11(8-21)29-13-3-2-10(4-5-18(27)28)15(23)14(13)17(25)26/h2-3,11-12,23,27-28H,4-8,19H2,1H3,(H,20,22)(H,25,26)/t12-/m1/s1. The van der Waals surface area contributed by atoms with Gasteiger partial charge in [0, 0.05) is 13.5 Å². The Morgan fingerprint density at radius 1 is 1.34 bits per heavy atom. The smallest absolute Gasteiger partial charge is 0.451 e. The highest BCUT2D eigenvalue weighted by Gasteiger charge is 2.35. The Morgan fingerprint density at radius 2 is 2.00 bits per heavy atom. The molecule has 1 aromatic carbocycles. The molecule has 1 atom stereocenters. The molecule has 29 heavy (non-hydrogen) atoms. The molecule has 11 nitrogen and oxygen atoms in total. The number of carbonyl (C=O) groups is 3. The van der Waals surface area contributed by atoms with Crippen LogP contribution in [0.15, 0.2) is 12.1 Å². The SMILES string of the molecule is CC(=O)NC[C@@H](N)C(=O)N1CC(Oc2ccc(CCB(O)O)c(O)c2C(=O)O)C1. The topological polar surface area (TPSA) is 183 Å². The minimum absolute atomic E-state index is 0.0111. The van der Waals surface area contributed by atoms with Crippen molar-refractivity contribution < 1.29 is 39.4 Å². The lowest BCUT2D eigenvalue weighted by atomic mass is 9.82. The van der Waals surface area contributed by atoms with Crippen LogP contribution in [0.2, 0.25) is 6.32 Å². The molecule has 158 valence electrons. The monoisotopic (exact) mass is 409 g/mol. The summed E-state index contributed by atoms with van der Waals surface area (Å²) in [6.45, 7) is 1.70. The van der Waals surface area contributed by atoms with Gasteiger partial charge >= 0.3 is 13.1 Å². The van der Waals surface area contributed by atoms with Crippen LogP contribution in [0, 0.1) is 0 Å². The number of phenols is 1. The number of nitrogens with one attached hydrogen (secondary N) is 1. The van der Waals surface area contributed by atoms with Gasteiger partial charge in [0.05, 0.1) is 13.1 Å². The van der Waals surface area contributed by atoms with Crippen LogP contribution in [0.5, 0.6) is 11.5 Å². The molecular formula is C17H24BN3O8. The van der Waals surface area contributed by atoms with E-state index in [9.17, 15) is 24.6 Å². The molecule has 0 aromatic heterocycles. The van der Waals surface area contributed by atoms with Crippen LogP contribution in [-0.2, 0) is 16.0 Å². The molecule has 0 aliphatic carbocycles.